The first-order valence-electron chi connectivity index (χ1n) is 6.97. The molecular formula is C15H11N5O3S. The lowest BCUT2D eigenvalue weighted by atomic mass is 10.3. The van der Waals surface area contributed by atoms with E-state index in [0.717, 1.165) is 0 Å². The lowest BCUT2D eigenvalue weighted by molar-refractivity contribution is 0.601. The van der Waals surface area contributed by atoms with Crippen LogP contribution in [0, 0.1) is 0 Å². The van der Waals surface area contributed by atoms with Gasteiger partial charge in [-0.05, 0) is 36.4 Å². The van der Waals surface area contributed by atoms with Gasteiger partial charge in [0, 0.05) is 12.4 Å². The number of aromatic amines is 2. The first-order valence-corrected chi connectivity index (χ1v) is 8.45. The Balaban J connectivity index is 1.73. The molecule has 0 aliphatic rings. The van der Waals surface area contributed by atoms with E-state index in [0.29, 0.717) is 27.8 Å². The van der Waals surface area contributed by atoms with Crippen LogP contribution in [0.5, 0.6) is 0 Å². The predicted molar refractivity (Wildman–Crippen MR) is 89.3 cm³/mol. The number of benzene rings is 2. The molecule has 0 saturated carbocycles. The van der Waals surface area contributed by atoms with Gasteiger partial charge in [-0.1, -0.05) is 0 Å². The molecule has 0 saturated heterocycles. The predicted octanol–water partition coefficient (Wildman–Crippen LogP) is 1.60. The summed E-state index contributed by atoms with van der Waals surface area (Å²) in [7, 11) is -3.80. The average molecular weight is 341 g/mol. The molecule has 2 aromatic carbocycles. The Morgan fingerprint density at radius 2 is 1.62 bits per heavy atom. The molecule has 0 atom stereocenters. The third kappa shape index (κ3) is 2.50. The average Bonchev–Trinajstić information content (AvgIpc) is 2.93. The zero-order chi connectivity index (χ0) is 16.7. The molecule has 0 aliphatic carbocycles. The molecule has 0 aliphatic heterocycles. The molecule has 0 bridgehead atoms. The van der Waals surface area contributed by atoms with Crippen LogP contribution >= 0.6 is 0 Å². The van der Waals surface area contributed by atoms with Gasteiger partial charge < -0.3 is 9.97 Å². The van der Waals surface area contributed by atoms with E-state index in [1.807, 2.05) is 0 Å². The lowest BCUT2D eigenvalue weighted by Crippen LogP contribution is -2.12. The van der Waals surface area contributed by atoms with Gasteiger partial charge in [0.15, 0.2) is 0 Å². The van der Waals surface area contributed by atoms with Gasteiger partial charge in [-0.3, -0.25) is 14.7 Å². The van der Waals surface area contributed by atoms with Crippen molar-refractivity contribution in [1.82, 2.24) is 19.9 Å². The van der Waals surface area contributed by atoms with Crippen molar-refractivity contribution in [3.8, 4) is 0 Å². The third-order valence-corrected chi connectivity index (χ3v) is 4.90. The Bertz CT molecular complexity index is 1230. The number of nitrogens with one attached hydrogen (secondary N) is 3. The number of imidazole rings is 1. The fraction of sp³-hybridized carbons (Fsp3) is 0. The zero-order valence-corrected chi connectivity index (χ0v) is 13.0. The van der Waals surface area contributed by atoms with Crippen LogP contribution in [-0.2, 0) is 10.0 Å². The van der Waals surface area contributed by atoms with Crippen molar-refractivity contribution in [1.29, 1.82) is 0 Å². The number of H-pyrrole nitrogens is 2. The monoisotopic (exact) mass is 341 g/mol. The van der Waals surface area contributed by atoms with E-state index in [1.165, 1.54) is 24.4 Å². The molecule has 0 fully saturated rings. The highest BCUT2D eigenvalue weighted by Crippen LogP contribution is 2.21. The van der Waals surface area contributed by atoms with Crippen molar-refractivity contribution >= 4 is 37.8 Å². The summed E-state index contributed by atoms with van der Waals surface area (Å²) < 4.78 is 27.6. The van der Waals surface area contributed by atoms with E-state index >= 15 is 0 Å². The normalized spacial score (nSPS) is 11.8. The topological polar surface area (TPSA) is 121 Å². The van der Waals surface area contributed by atoms with Crippen molar-refractivity contribution in [3.05, 3.63) is 59.3 Å². The molecule has 2 heterocycles. The summed E-state index contributed by atoms with van der Waals surface area (Å²) in [6.07, 6.45) is 3.11. The summed E-state index contributed by atoms with van der Waals surface area (Å²) in [6.45, 7) is 0. The van der Waals surface area contributed by atoms with E-state index in [2.05, 4.69) is 24.7 Å². The highest BCUT2D eigenvalue weighted by molar-refractivity contribution is 7.92. The summed E-state index contributed by atoms with van der Waals surface area (Å²) in [5.74, 6) is 0. The lowest BCUT2D eigenvalue weighted by Gasteiger charge is -2.08. The highest BCUT2D eigenvalue weighted by Gasteiger charge is 2.16. The molecular weight excluding hydrogens is 330 g/mol. The number of nitrogens with zero attached hydrogens (tertiary/aromatic N) is 2. The number of aromatic nitrogens is 4. The van der Waals surface area contributed by atoms with Crippen molar-refractivity contribution in [3.63, 3.8) is 0 Å². The van der Waals surface area contributed by atoms with Gasteiger partial charge in [0.05, 0.1) is 32.6 Å². The number of hydrogen-bond donors (Lipinski definition) is 3. The fourth-order valence-electron chi connectivity index (χ4n) is 2.42. The van der Waals surface area contributed by atoms with Crippen LogP contribution < -0.4 is 10.4 Å². The quantitative estimate of drug-likeness (QED) is 0.523. The van der Waals surface area contributed by atoms with Crippen LogP contribution in [0.2, 0.25) is 0 Å². The minimum atomic E-state index is -3.80. The standard InChI is InChI=1S/C15H11N5O3S/c21-15-18-12-4-2-10(8-14(12)19-15)24(22,23)20-9-1-3-11-13(7-9)17-6-5-16-11/h1-8,20H,(H2,18,19,21). The molecule has 0 radical (unpaired) electrons. The maximum absolute atomic E-state index is 12.5. The van der Waals surface area contributed by atoms with E-state index in [9.17, 15) is 13.2 Å². The van der Waals surface area contributed by atoms with E-state index in [1.54, 1.807) is 24.4 Å². The maximum atomic E-state index is 12.5. The van der Waals surface area contributed by atoms with Crippen LogP contribution in [-0.4, -0.2) is 28.4 Å². The van der Waals surface area contributed by atoms with E-state index < -0.39 is 10.0 Å². The maximum Gasteiger partial charge on any atom is 0.323 e. The number of sulfonamides is 1. The molecule has 4 aromatic rings. The molecule has 0 amide bonds. The Kier molecular flexibility index (Phi) is 3.10. The Hall–Kier alpha value is -3.20. The number of rotatable bonds is 3. The van der Waals surface area contributed by atoms with Crippen molar-refractivity contribution in [2.24, 2.45) is 0 Å². The third-order valence-electron chi connectivity index (χ3n) is 3.52. The van der Waals surface area contributed by atoms with E-state index in [4.69, 9.17) is 0 Å². The first kappa shape index (κ1) is 14.4. The second-order valence-electron chi connectivity index (χ2n) is 5.15. The van der Waals surface area contributed by atoms with Crippen molar-refractivity contribution < 1.29 is 8.42 Å². The number of anilines is 1. The number of fused-ring (bicyclic) bond motifs is 2. The van der Waals surface area contributed by atoms with E-state index in [-0.39, 0.29) is 10.6 Å². The summed E-state index contributed by atoms with van der Waals surface area (Å²) in [4.78, 5) is 24.7. The molecule has 4 rings (SSSR count). The highest BCUT2D eigenvalue weighted by atomic mass is 32.2. The van der Waals surface area contributed by atoms with Gasteiger partial charge in [0.2, 0.25) is 0 Å². The smallest absolute Gasteiger partial charge is 0.306 e. The van der Waals surface area contributed by atoms with Gasteiger partial charge in [0.1, 0.15) is 0 Å². The molecule has 120 valence electrons. The van der Waals surface area contributed by atoms with Crippen LogP contribution in [0.1, 0.15) is 0 Å². The van der Waals surface area contributed by atoms with Gasteiger partial charge in [0.25, 0.3) is 10.0 Å². The van der Waals surface area contributed by atoms with Crippen LogP contribution in [0.15, 0.2) is 58.5 Å². The largest absolute Gasteiger partial charge is 0.323 e. The van der Waals surface area contributed by atoms with Crippen LogP contribution in [0.25, 0.3) is 22.1 Å². The second kappa shape index (κ2) is 5.17. The van der Waals surface area contributed by atoms with Gasteiger partial charge in [-0.2, -0.15) is 0 Å². The van der Waals surface area contributed by atoms with Crippen molar-refractivity contribution in [2.75, 3.05) is 4.72 Å². The molecule has 3 N–H and O–H groups in total. The first-order chi connectivity index (χ1) is 11.5. The van der Waals surface area contributed by atoms with Crippen LogP contribution in [0.4, 0.5) is 5.69 Å². The summed E-state index contributed by atoms with van der Waals surface area (Å²) >= 11 is 0. The fourth-order valence-corrected chi connectivity index (χ4v) is 3.49. The zero-order valence-electron chi connectivity index (χ0n) is 12.1. The van der Waals surface area contributed by atoms with Crippen LogP contribution in [0.3, 0.4) is 0 Å². The summed E-state index contributed by atoms with van der Waals surface area (Å²) in [5.41, 5.74) is 2.22. The molecule has 8 nitrogen and oxygen atoms in total. The van der Waals surface area contributed by atoms with Gasteiger partial charge in [-0.25, -0.2) is 13.2 Å². The Morgan fingerprint density at radius 3 is 2.46 bits per heavy atom. The molecule has 2 aromatic heterocycles. The molecule has 24 heavy (non-hydrogen) atoms. The molecule has 0 unspecified atom stereocenters. The second-order valence-corrected chi connectivity index (χ2v) is 6.83. The summed E-state index contributed by atoms with van der Waals surface area (Å²) in [5, 5.41) is 0. The number of hydrogen-bond acceptors (Lipinski definition) is 5. The Morgan fingerprint density at radius 1 is 0.875 bits per heavy atom. The Labute approximate surface area is 135 Å². The minimum absolute atomic E-state index is 0.0458. The van der Waals surface area contributed by atoms with Gasteiger partial charge >= 0.3 is 5.69 Å². The SMILES string of the molecule is O=c1[nH]c2ccc(S(=O)(=O)Nc3ccc4nccnc4c3)cc2[nH]1. The minimum Gasteiger partial charge on any atom is -0.306 e. The van der Waals surface area contributed by atoms with Crippen molar-refractivity contribution in [2.45, 2.75) is 4.90 Å². The molecule has 9 heteroatoms. The van der Waals surface area contributed by atoms with Gasteiger partial charge in [-0.15, -0.1) is 0 Å². The summed E-state index contributed by atoms with van der Waals surface area (Å²) in [6, 6.07) is 9.27. The molecule has 0 spiro atoms.